The Labute approximate surface area is 236 Å². The Morgan fingerprint density at radius 1 is 0.925 bits per heavy atom. The fourth-order valence-corrected chi connectivity index (χ4v) is 7.12. The van der Waals surface area contributed by atoms with Crippen molar-refractivity contribution >= 4 is 23.6 Å². The van der Waals surface area contributed by atoms with Gasteiger partial charge in [-0.1, -0.05) is 20.8 Å². The van der Waals surface area contributed by atoms with Crippen molar-refractivity contribution in [3.8, 4) is 11.5 Å². The van der Waals surface area contributed by atoms with Crippen LogP contribution in [0.3, 0.4) is 0 Å². The molecule has 4 aliphatic carbocycles. The van der Waals surface area contributed by atoms with Crippen molar-refractivity contribution in [1.29, 1.82) is 0 Å². The number of hydrogen-bond acceptors (Lipinski definition) is 6. The van der Waals surface area contributed by atoms with E-state index in [0.29, 0.717) is 41.2 Å². The van der Waals surface area contributed by atoms with E-state index in [4.69, 9.17) is 9.47 Å². The predicted molar refractivity (Wildman–Crippen MR) is 150 cm³/mol. The third kappa shape index (κ3) is 6.88. The highest BCUT2D eigenvalue weighted by atomic mass is 16.5. The maximum Gasteiger partial charge on any atom is 0.315 e. The van der Waals surface area contributed by atoms with Gasteiger partial charge in [0.05, 0.1) is 20.3 Å². The van der Waals surface area contributed by atoms with Gasteiger partial charge in [-0.3, -0.25) is 14.4 Å². The van der Waals surface area contributed by atoms with E-state index in [2.05, 4.69) is 21.3 Å². The molecule has 10 nitrogen and oxygen atoms in total. The average molecular weight is 557 g/mol. The van der Waals surface area contributed by atoms with Crippen molar-refractivity contribution < 1.29 is 28.7 Å². The number of benzene rings is 1. The van der Waals surface area contributed by atoms with Gasteiger partial charge in [-0.15, -0.1) is 0 Å². The number of ketones is 1. The van der Waals surface area contributed by atoms with Gasteiger partial charge in [0.2, 0.25) is 11.7 Å². The molecule has 0 radical (unpaired) electrons. The van der Waals surface area contributed by atoms with Crippen molar-refractivity contribution in [3.63, 3.8) is 0 Å². The lowest BCUT2D eigenvalue weighted by Gasteiger charge is -2.39. The monoisotopic (exact) mass is 556 g/mol. The van der Waals surface area contributed by atoms with Gasteiger partial charge in [0, 0.05) is 18.2 Å². The second kappa shape index (κ2) is 12.5. The molecule has 5 rings (SSSR count). The molecule has 1 aromatic rings. The SMILES string of the molecule is CCC(NC(=O)[C@H](CC(C)C)NC(=O)NC12CC3CC(C1)C(C3)C2)C(=O)C(=O)NCc1cc(OC)cc(OC)c1. The second-order valence-corrected chi connectivity index (χ2v) is 12.3. The summed E-state index contributed by atoms with van der Waals surface area (Å²) in [6.45, 7) is 5.76. The summed E-state index contributed by atoms with van der Waals surface area (Å²) in [7, 11) is 3.06. The maximum atomic E-state index is 13.3. The minimum Gasteiger partial charge on any atom is -0.497 e. The molecule has 0 spiro atoms. The Bertz CT molecular complexity index is 1080. The number of ether oxygens (including phenoxy) is 2. The van der Waals surface area contributed by atoms with Gasteiger partial charge in [-0.2, -0.15) is 0 Å². The van der Waals surface area contributed by atoms with E-state index in [-0.39, 0.29) is 30.5 Å². The number of Topliss-reactive ketones (excluding diaryl/α,β-unsaturated/α-hetero) is 1. The van der Waals surface area contributed by atoms with E-state index in [1.54, 1.807) is 25.1 Å². The first-order valence-corrected chi connectivity index (χ1v) is 14.5. The second-order valence-electron chi connectivity index (χ2n) is 12.3. The van der Waals surface area contributed by atoms with Crippen LogP contribution in [0.5, 0.6) is 11.5 Å². The van der Waals surface area contributed by atoms with Crippen molar-refractivity contribution in [3.05, 3.63) is 23.8 Å². The lowest BCUT2D eigenvalue weighted by Crippen LogP contribution is -2.59. The van der Waals surface area contributed by atoms with Crippen LogP contribution >= 0.6 is 0 Å². The summed E-state index contributed by atoms with van der Waals surface area (Å²) >= 11 is 0. The summed E-state index contributed by atoms with van der Waals surface area (Å²) in [5.41, 5.74) is 0.539. The van der Waals surface area contributed by atoms with E-state index in [9.17, 15) is 19.2 Å². The molecule has 4 amide bonds. The molecule has 4 saturated carbocycles. The Balaban J connectivity index is 1.33. The number of carbonyl (C=O) groups excluding carboxylic acids is 4. The normalized spacial score (nSPS) is 25.7. The zero-order valence-electron chi connectivity index (χ0n) is 24.3. The summed E-state index contributed by atoms with van der Waals surface area (Å²) in [4.78, 5) is 52.0. The van der Waals surface area contributed by atoms with Crippen molar-refractivity contribution in [2.45, 2.75) is 89.9 Å². The van der Waals surface area contributed by atoms with Crippen LogP contribution in [-0.2, 0) is 20.9 Å². The van der Waals surface area contributed by atoms with Crippen LogP contribution < -0.4 is 30.7 Å². The molecule has 4 fully saturated rings. The first kappa shape index (κ1) is 29.7. The van der Waals surface area contributed by atoms with Gasteiger partial charge in [0.15, 0.2) is 0 Å². The fraction of sp³-hybridized carbons (Fsp3) is 0.667. The predicted octanol–water partition coefficient (Wildman–Crippen LogP) is 3.08. The van der Waals surface area contributed by atoms with Gasteiger partial charge in [0.1, 0.15) is 17.5 Å². The van der Waals surface area contributed by atoms with Crippen LogP contribution in [-0.4, -0.2) is 55.5 Å². The number of hydrogen-bond donors (Lipinski definition) is 4. The van der Waals surface area contributed by atoms with Crippen molar-refractivity contribution in [2.24, 2.45) is 23.7 Å². The Morgan fingerprint density at radius 2 is 1.55 bits per heavy atom. The highest BCUT2D eigenvalue weighted by Gasteiger charge is 2.56. The third-order valence-corrected chi connectivity index (χ3v) is 8.76. The van der Waals surface area contributed by atoms with Crippen LogP contribution in [0.1, 0.15) is 71.3 Å². The quantitative estimate of drug-likeness (QED) is 0.276. The third-order valence-electron chi connectivity index (χ3n) is 8.76. The average Bonchev–Trinajstić information content (AvgIpc) is 3.33. The number of nitrogens with one attached hydrogen (secondary N) is 4. The van der Waals surface area contributed by atoms with Crippen molar-refractivity contribution in [2.75, 3.05) is 14.2 Å². The van der Waals surface area contributed by atoms with E-state index in [1.807, 2.05) is 13.8 Å². The molecule has 4 atom stereocenters. The number of carbonyl (C=O) groups is 4. The van der Waals surface area contributed by atoms with Gasteiger partial charge in [-0.05, 0) is 86.3 Å². The summed E-state index contributed by atoms with van der Waals surface area (Å²) in [5, 5.41) is 11.4. The Kier molecular flexibility index (Phi) is 9.26. The molecule has 4 aliphatic rings. The topological polar surface area (TPSA) is 135 Å². The number of urea groups is 1. The molecular formula is C30H44N4O6. The lowest BCUT2D eigenvalue weighted by atomic mass is 9.76. The van der Waals surface area contributed by atoms with Crippen LogP contribution in [0.2, 0.25) is 0 Å². The molecule has 4 bridgehead atoms. The fourth-order valence-electron chi connectivity index (χ4n) is 7.12. The largest absolute Gasteiger partial charge is 0.497 e. The minimum atomic E-state index is -1.01. The van der Waals surface area contributed by atoms with E-state index >= 15 is 0 Å². The first-order chi connectivity index (χ1) is 19.0. The van der Waals surface area contributed by atoms with E-state index in [0.717, 1.165) is 19.3 Å². The zero-order valence-corrected chi connectivity index (χ0v) is 24.3. The molecule has 220 valence electrons. The van der Waals surface area contributed by atoms with Gasteiger partial charge >= 0.3 is 6.03 Å². The summed E-state index contributed by atoms with van der Waals surface area (Å²) in [5.74, 6) is 1.36. The van der Waals surface area contributed by atoms with Crippen LogP contribution in [0.4, 0.5) is 4.79 Å². The molecular weight excluding hydrogens is 512 g/mol. The highest BCUT2D eigenvalue weighted by molar-refractivity contribution is 6.38. The summed E-state index contributed by atoms with van der Waals surface area (Å²) in [6, 6.07) is 3.02. The molecule has 0 heterocycles. The number of amides is 4. The molecule has 0 aromatic heterocycles. The Hall–Kier alpha value is -3.30. The molecule has 40 heavy (non-hydrogen) atoms. The molecule has 0 aliphatic heterocycles. The Morgan fingerprint density at radius 3 is 2.08 bits per heavy atom. The first-order valence-electron chi connectivity index (χ1n) is 14.5. The maximum absolute atomic E-state index is 13.3. The summed E-state index contributed by atoms with van der Waals surface area (Å²) < 4.78 is 10.5. The smallest absolute Gasteiger partial charge is 0.315 e. The molecule has 0 saturated heterocycles. The van der Waals surface area contributed by atoms with Crippen LogP contribution in [0.25, 0.3) is 0 Å². The molecule has 3 unspecified atom stereocenters. The van der Waals surface area contributed by atoms with Crippen LogP contribution in [0, 0.1) is 23.7 Å². The van der Waals surface area contributed by atoms with E-state index in [1.165, 1.54) is 27.1 Å². The standard InChI is InChI=1S/C30H44N4O6/c1-6-24(26(35)28(37)31-16-19-10-22(39-4)12-23(11-19)40-5)32-27(36)25(7-17(2)3)33-29(38)34-30-13-18-8-20(14-30)21(9-18)15-30/h10-12,17-18,20-21,24-25H,6-9,13-16H2,1-5H3,(H,31,37)(H,32,36)(H2,33,34,38)/t18?,20?,21?,24?,25-,30?/m0/s1. The van der Waals surface area contributed by atoms with Gasteiger partial charge in [-0.25, -0.2) is 4.79 Å². The lowest BCUT2D eigenvalue weighted by molar-refractivity contribution is -0.140. The summed E-state index contributed by atoms with van der Waals surface area (Å²) in [6.07, 6.45) is 6.26. The molecule has 10 heteroatoms. The van der Waals surface area contributed by atoms with Gasteiger partial charge < -0.3 is 30.7 Å². The minimum absolute atomic E-state index is 0.0878. The van der Waals surface area contributed by atoms with Crippen LogP contribution in [0.15, 0.2) is 18.2 Å². The van der Waals surface area contributed by atoms with Crippen molar-refractivity contribution in [1.82, 2.24) is 21.3 Å². The number of methoxy groups -OCH3 is 2. The molecule has 1 aromatic carbocycles. The number of rotatable bonds is 13. The zero-order chi connectivity index (χ0) is 29.0. The highest BCUT2D eigenvalue weighted by Crippen LogP contribution is 2.59. The van der Waals surface area contributed by atoms with E-state index < -0.39 is 29.7 Å². The molecule has 4 N–H and O–H groups in total. The van der Waals surface area contributed by atoms with Gasteiger partial charge in [0.25, 0.3) is 5.91 Å².